The Morgan fingerprint density at radius 2 is 1.96 bits per heavy atom. The molecule has 0 aromatic carbocycles. The second-order valence-corrected chi connectivity index (χ2v) is 14.9. The molecule has 3 amide bonds. The van der Waals surface area contributed by atoms with Crippen LogP contribution in [0.1, 0.15) is 34.1 Å². The van der Waals surface area contributed by atoms with Gasteiger partial charge >= 0.3 is 6.03 Å². The molecule has 2 fully saturated rings. The summed E-state index contributed by atoms with van der Waals surface area (Å²) in [5.41, 5.74) is 4.07. The average molecular weight is 374 g/mol. The molecule has 4 atom stereocenters. The van der Waals surface area contributed by atoms with E-state index in [0.717, 1.165) is 0 Å². The number of carbonyl (C=O) groups is 2. The van der Waals surface area contributed by atoms with Crippen LogP contribution in [0.3, 0.4) is 0 Å². The van der Waals surface area contributed by atoms with Gasteiger partial charge in [-0.05, 0) is 5.04 Å². The van der Waals surface area contributed by atoms with Crippen LogP contribution >= 0.6 is 0 Å². The van der Waals surface area contributed by atoms with Gasteiger partial charge in [0.1, 0.15) is 18.1 Å². The van der Waals surface area contributed by atoms with Crippen molar-refractivity contribution >= 4 is 20.0 Å². The summed E-state index contributed by atoms with van der Waals surface area (Å²) >= 11 is 0. The van der Waals surface area contributed by atoms with Crippen LogP contribution in [0.4, 0.5) is 4.79 Å². The molecule has 144 valence electrons. The topological polar surface area (TPSA) is 125 Å². The molecule has 2 aliphatic rings. The number of aliphatic hydroxyl groups is 2. The Hall–Kier alpha value is -1.00. The van der Waals surface area contributed by atoms with E-state index < -0.39 is 43.8 Å². The Kier molecular flexibility index (Phi) is 4.89. The highest BCUT2D eigenvalue weighted by Crippen LogP contribution is 2.53. The summed E-state index contributed by atoms with van der Waals surface area (Å²) < 4.78 is 5.61. The lowest BCUT2D eigenvalue weighted by atomic mass is 10.0. The van der Waals surface area contributed by atoms with Gasteiger partial charge in [0.05, 0.1) is 19.7 Å². The number of aliphatic hydroxyl groups excluding tert-OH is 1. The van der Waals surface area contributed by atoms with Gasteiger partial charge in [-0.1, -0.05) is 40.8 Å². The van der Waals surface area contributed by atoms with E-state index >= 15 is 0 Å². The van der Waals surface area contributed by atoms with Crippen LogP contribution in [-0.4, -0.2) is 66.3 Å². The summed E-state index contributed by atoms with van der Waals surface area (Å²) in [6.45, 7) is 12.3. The average Bonchev–Trinajstić information content (AvgIpc) is 2.76. The zero-order valence-electron chi connectivity index (χ0n) is 15.9. The number of carbonyl (C=O) groups excluding carboxylic acids is 2. The molecule has 25 heavy (non-hydrogen) atoms. The second kappa shape index (κ2) is 6.02. The number of hydrogen-bond acceptors (Lipinski definition) is 6. The Balaban J connectivity index is 2.34. The molecule has 0 radical (unpaired) electrons. The van der Waals surface area contributed by atoms with Crippen molar-refractivity contribution in [2.24, 2.45) is 5.73 Å². The summed E-state index contributed by atoms with van der Waals surface area (Å²) in [6.07, 6.45) is -1.78. The fourth-order valence-corrected chi connectivity index (χ4v) is 6.34. The van der Waals surface area contributed by atoms with Crippen LogP contribution in [0.5, 0.6) is 0 Å². The third-order valence-electron chi connectivity index (χ3n) is 6.62. The number of nitrogens with two attached hydrogens (primary N) is 1. The fourth-order valence-electron chi connectivity index (χ4n) is 3.48. The zero-order chi connectivity index (χ0) is 19.4. The smallest absolute Gasteiger partial charge is 0.326 e. The summed E-state index contributed by atoms with van der Waals surface area (Å²) in [4.78, 5) is 26.6. The van der Waals surface area contributed by atoms with Gasteiger partial charge in [0.25, 0.3) is 0 Å². The van der Waals surface area contributed by atoms with Gasteiger partial charge in [0, 0.05) is 13.0 Å². The highest BCUT2D eigenvalue weighted by atomic mass is 28.3. The predicted molar refractivity (Wildman–Crippen MR) is 95.3 cm³/mol. The van der Waals surface area contributed by atoms with Crippen molar-refractivity contribution in [2.75, 3.05) is 13.2 Å². The van der Waals surface area contributed by atoms with Crippen molar-refractivity contribution < 1.29 is 24.5 Å². The number of hydrogen-bond donors (Lipinski definition) is 4. The molecule has 2 saturated heterocycles. The maximum Gasteiger partial charge on any atom is 0.326 e. The quantitative estimate of drug-likeness (QED) is 0.423. The van der Waals surface area contributed by atoms with Gasteiger partial charge in [0.15, 0.2) is 0 Å². The second-order valence-electron chi connectivity index (χ2n) is 9.05. The van der Waals surface area contributed by atoms with Crippen molar-refractivity contribution in [3.8, 4) is 0 Å². The minimum Gasteiger partial charge on any atom is -0.393 e. The van der Waals surface area contributed by atoms with Crippen molar-refractivity contribution in [3.63, 3.8) is 0 Å². The maximum absolute atomic E-state index is 12.7. The first kappa shape index (κ1) is 20.3. The number of nitrogens with zero attached hydrogens (tertiary/aromatic N) is 1. The Labute approximate surface area is 149 Å². The Morgan fingerprint density at radius 1 is 1.40 bits per heavy atom. The normalized spacial score (nSPS) is 37.4. The molecule has 0 bridgehead atoms. The number of ether oxygens (including phenoxy) is 1. The molecule has 0 spiro atoms. The van der Waals surface area contributed by atoms with E-state index in [-0.39, 0.29) is 23.9 Å². The van der Waals surface area contributed by atoms with E-state index in [1.807, 2.05) is 6.92 Å². The fraction of sp³-hybridized carbons (Fsp3) is 0.875. The van der Waals surface area contributed by atoms with E-state index in [4.69, 9.17) is 10.5 Å². The van der Waals surface area contributed by atoms with Gasteiger partial charge in [-0.25, -0.2) is 4.79 Å². The van der Waals surface area contributed by atoms with E-state index in [0.29, 0.717) is 0 Å². The van der Waals surface area contributed by atoms with E-state index in [2.05, 4.69) is 39.2 Å². The highest BCUT2D eigenvalue weighted by Gasteiger charge is 2.60. The van der Waals surface area contributed by atoms with Crippen molar-refractivity contribution in [1.29, 1.82) is 0 Å². The number of imide groups is 1. The predicted octanol–water partition coefficient (Wildman–Crippen LogP) is 0.562. The van der Waals surface area contributed by atoms with Gasteiger partial charge in [-0.15, -0.1) is 0 Å². The Bertz CT molecular complexity index is 575. The molecule has 1 unspecified atom stereocenters. The maximum atomic E-state index is 12.7. The van der Waals surface area contributed by atoms with E-state index in [9.17, 15) is 19.8 Å². The van der Waals surface area contributed by atoms with E-state index in [1.54, 1.807) is 0 Å². The molecule has 0 saturated carbocycles. The van der Waals surface area contributed by atoms with Gasteiger partial charge in [-0.3, -0.25) is 15.0 Å². The first-order valence-electron chi connectivity index (χ1n) is 8.57. The first-order valence-corrected chi connectivity index (χ1v) is 11.6. The minimum absolute atomic E-state index is 0.0204. The molecule has 2 heterocycles. The van der Waals surface area contributed by atoms with Crippen LogP contribution in [0.15, 0.2) is 0 Å². The number of urea groups is 1. The summed E-state index contributed by atoms with van der Waals surface area (Å²) in [5.74, 6) is -0.264. The van der Waals surface area contributed by atoms with Crippen LogP contribution in [0.25, 0.3) is 0 Å². The van der Waals surface area contributed by atoms with Gasteiger partial charge in [0.2, 0.25) is 5.91 Å². The first-order chi connectivity index (χ1) is 11.2. The molecule has 2 rings (SSSR count). The number of amides is 3. The monoisotopic (exact) mass is 373 g/mol. The highest BCUT2D eigenvalue weighted by molar-refractivity contribution is 6.86. The summed E-state index contributed by atoms with van der Waals surface area (Å²) in [6, 6.07) is -0.555. The molecular formula is C16H31N3O5Si. The molecule has 0 aliphatic carbocycles. The zero-order valence-corrected chi connectivity index (χ0v) is 16.9. The molecule has 0 aromatic heterocycles. The van der Waals surface area contributed by atoms with Crippen molar-refractivity contribution in [3.05, 3.63) is 0 Å². The van der Waals surface area contributed by atoms with Crippen LogP contribution in [0.2, 0.25) is 23.2 Å². The molecule has 0 aromatic rings. The van der Waals surface area contributed by atoms with Crippen LogP contribution in [-0.2, 0) is 9.53 Å². The number of rotatable bonds is 3. The van der Waals surface area contributed by atoms with Gasteiger partial charge in [-0.2, -0.15) is 0 Å². The molecule has 9 heteroatoms. The lowest BCUT2D eigenvalue weighted by Crippen LogP contribution is -2.67. The third kappa shape index (κ3) is 3.12. The van der Waals surface area contributed by atoms with Crippen molar-refractivity contribution in [2.45, 2.75) is 75.3 Å². The molecule has 2 aliphatic heterocycles. The molecular weight excluding hydrogens is 342 g/mol. The van der Waals surface area contributed by atoms with Crippen LogP contribution < -0.4 is 11.1 Å². The minimum atomic E-state index is -2.18. The molecule has 8 nitrogen and oxygen atoms in total. The van der Waals surface area contributed by atoms with Crippen LogP contribution in [0, 0.1) is 0 Å². The van der Waals surface area contributed by atoms with E-state index in [1.165, 1.54) is 4.90 Å². The van der Waals surface area contributed by atoms with Gasteiger partial charge < -0.3 is 20.7 Å². The SMILES string of the molecule is CC(C)(C)[Si](C)(C)C1(C)CN([C@H]2C[C@](N)(O)[C@@H](CO)O2)C(=O)NC1=O. The Morgan fingerprint density at radius 3 is 2.40 bits per heavy atom. The standard InChI is InChI=1S/C16H31N3O5Si/c1-14(2,3)25(5,6)15(4)9-19(13(22)18-12(15)21)11-7-16(17,23)10(8-20)24-11/h10-11,20,23H,7-9,17H2,1-6H3,(H,18,21,22)/t10-,11-,15?,16+/m1/s1. The number of nitrogens with one attached hydrogen (secondary N) is 1. The summed E-state index contributed by atoms with van der Waals surface area (Å²) in [7, 11) is -2.18. The lowest BCUT2D eigenvalue weighted by Gasteiger charge is -2.53. The summed E-state index contributed by atoms with van der Waals surface area (Å²) in [5, 5.41) is 21.2. The molecule has 5 N–H and O–H groups in total. The van der Waals surface area contributed by atoms with Crippen molar-refractivity contribution in [1.82, 2.24) is 10.2 Å². The third-order valence-corrected chi connectivity index (χ3v) is 13.5. The lowest BCUT2D eigenvalue weighted by molar-refractivity contribution is -0.128. The largest absolute Gasteiger partial charge is 0.393 e.